The Morgan fingerprint density at radius 2 is 1.73 bits per heavy atom. The molecule has 3 rings (SSSR count). The fraction of sp³-hybridized carbons (Fsp3) is 0.111. The monoisotopic (exact) mass is 376 g/mol. The molecule has 0 aliphatic carbocycles. The predicted molar refractivity (Wildman–Crippen MR) is 94.0 cm³/mol. The quantitative estimate of drug-likeness (QED) is 0.711. The fourth-order valence-electron chi connectivity index (χ4n) is 2.28. The molecule has 0 radical (unpaired) electrons. The van der Waals surface area contributed by atoms with E-state index in [9.17, 15) is 13.6 Å². The summed E-state index contributed by atoms with van der Waals surface area (Å²) in [6.07, 6.45) is 3.07. The standard InChI is InChI=1S/C18H15ClF2N4O/c19-14-3-1-12(2-4-14)8-22-18(26)23-9-13-10-24-25(11-13)17-6-5-15(20)7-16(17)21/h1-7,10-11H,8-9H2,(H2,22,23,26). The van der Waals surface area contributed by atoms with Gasteiger partial charge in [-0.05, 0) is 29.8 Å². The molecule has 1 aromatic heterocycles. The van der Waals surface area contributed by atoms with Gasteiger partial charge in [-0.1, -0.05) is 23.7 Å². The van der Waals surface area contributed by atoms with Crippen molar-refractivity contribution in [2.24, 2.45) is 0 Å². The van der Waals surface area contributed by atoms with Crippen molar-refractivity contribution in [3.05, 3.63) is 82.6 Å². The summed E-state index contributed by atoms with van der Waals surface area (Å²) in [6, 6.07) is 10.0. The highest BCUT2D eigenvalue weighted by Crippen LogP contribution is 2.14. The number of hydrogen-bond acceptors (Lipinski definition) is 2. The van der Waals surface area contributed by atoms with Crippen molar-refractivity contribution in [1.29, 1.82) is 0 Å². The van der Waals surface area contributed by atoms with Crippen molar-refractivity contribution in [2.45, 2.75) is 13.1 Å². The van der Waals surface area contributed by atoms with Crippen LogP contribution in [0, 0.1) is 11.6 Å². The van der Waals surface area contributed by atoms with E-state index in [1.807, 2.05) is 12.1 Å². The number of halogens is 3. The molecule has 2 amide bonds. The number of rotatable bonds is 5. The number of carbonyl (C=O) groups excluding carboxylic acids is 1. The van der Waals surface area contributed by atoms with Gasteiger partial charge in [-0.15, -0.1) is 0 Å². The van der Waals surface area contributed by atoms with Gasteiger partial charge in [0.2, 0.25) is 0 Å². The molecule has 5 nitrogen and oxygen atoms in total. The third-order valence-corrected chi connectivity index (χ3v) is 3.86. The van der Waals surface area contributed by atoms with Crippen molar-refractivity contribution < 1.29 is 13.6 Å². The van der Waals surface area contributed by atoms with E-state index in [1.165, 1.54) is 16.9 Å². The van der Waals surface area contributed by atoms with Crippen LogP contribution in [0.2, 0.25) is 5.02 Å². The molecule has 0 aliphatic rings. The fourth-order valence-corrected chi connectivity index (χ4v) is 2.41. The molecule has 2 N–H and O–H groups in total. The summed E-state index contributed by atoms with van der Waals surface area (Å²) in [4.78, 5) is 11.8. The first-order chi connectivity index (χ1) is 12.5. The summed E-state index contributed by atoms with van der Waals surface area (Å²) in [6.45, 7) is 0.582. The molecule has 0 unspecified atom stereocenters. The topological polar surface area (TPSA) is 59.0 Å². The van der Waals surface area contributed by atoms with Crippen molar-refractivity contribution in [2.75, 3.05) is 0 Å². The van der Waals surface area contributed by atoms with Gasteiger partial charge >= 0.3 is 6.03 Å². The van der Waals surface area contributed by atoms with Crippen molar-refractivity contribution in [3.63, 3.8) is 0 Å². The van der Waals surface area contributed by atoms with E-state index in [1.54, 1.807) is 18.3 Å². The lowest BCUT2D eigenvalue weighted by Gasteiger charge is -2.07. The maximum Gasteiger partial charge on any atom is 0.315 e. The van der Waals surface area contributed by atoms with Crippen molar-refractivity contribution in [3.8, 4) is 5.69 Å². The van der Waals surface area contributed by atoms with E-state index < -0.39 is 11.6 Å². The van der Waals surface area contributed by atoms with Crippen LogP contribution in [-0.4, -0.2) is 15.8 Å². The molecule has 8 heteroatoms. The van der Waals surface area contributed by atoms with Crippen LogP contribution in [0.25, 0.3) is 5.69 Å². The minimum Gasteiger partial charge on any atom is -0.334 e. The minimum absolute atomic E-state index is 0.129. The molecule has 0 bridgehead atoms. The molecule has 134 valence electrons. The number of aromatic nitrogens is 2. The van der Waals surface area contributed by atoms with E-state index in [2.05, 4.69) is 15.7 Å². The van der Waals surface area contributed by atoms with Crippen molar-refractivity contribution >= 4 is 17.6 Å². The second-order valence-electron chi connectivity index (χ2n) is 5.55. The summed E-state index contributed by atoms with van der Waals surface area (Å²) in [5.74, 6) is -1.37. The molecule has 0 atom stereocenters. The summed E-state index contributed by atoms with van der Waals surface area (Å²) >= 11 is 5.81. The highest BCUT2D eigenvalue weighted by molar-refractivity contribution is 6.30. The maximum atomic E-state index is 13.8. The summed E-state index contributed by atoms with van der Waals surface area (Å²) in [7, 11) is 0. The van der Waals surface area contributed by atoms with Gasteiger partial charge in [0.05, 0.1) is 6.20 Å². The first-order valence-electron chi connectivity index (χ1n) is 7.76. The SMILES string of the molecule is O=C(NCc1ccc(Cl)cc1)NCc1cnn(-c2ccc(F)cc2F)c1. The van der Waals surface area contributed by atoms with E-state index in [-0.39, 0.29) is 18.3 Å². The second kappa shape index (κ2) is 7.97. The largest absolute Gasteiger partial charge is 0.334 e. The number of urea groups is 1. The van der Waals surface area contributed by atoms with E-state index in [0.29, 0.717) is 17.1 Å². The minimum atomic E-state index is -0.715. The molecule has 2 aromatic carbocycles. The Balaban J connectivity index is 1.52. The van der Waals surface area contributed by atoms with Gasteiger partial charge in [0.1, 0.15) is 11.5 Å². The summed E-state index contributed by atoms with van der Waals surface area (Å²) < 4.78 is 28.0. The highest BCUT2D eigenvalue weighted by Gasteiger charge is 2.08. The number of carbonyl (C=O) groups is 1. The van der Waals surface area contributed by atoms with Gasteiger partial charge < -0.3 is 10.6 Å². The van der Waals surface area contributed by atoms with E-state index in [4.69, 9.17) is 11.6 Å². The maximum absolute atomic E-state index is 13.8. The third kappa shape index (κ3) is 4.58. The van der Waals surface area contributed by atoms with Gasteiger partial charge in [-0.3, -0.25) is 0 Å². The molecule has 0 spiro atoms. The van der Waals surface area contributed by atoms with Crippen LogP contribution in [0.1, 0.15) is 11.1 Å². The van der Waals surface area contributed by atoms with Crippen LogP contribution >= 0.6 is 11.6 Å². The Labute approximate surface area is 153 Å². The third-order valence-electron chi connectivity index (χ3n) is 3.61. The van der Waals surface area contributed by atoms with Crippen LogP contribution < -0.4 is 10.6 Å². The first-order valence-corrected chi connectivity index (χ1v) is 8.14. The molecule has 0 saturated heterocycles. The van der Waals surface area contributed by atoms with Gasteiger partial charge in [0, 0.05) is 35.9 Å². The normalized spacial score (nSPS) is 10.6. The Morgan fingerprint density at radius 3 is 2.42 bits per heavy atom. The van der Waals surface area contributed by atoms with Crippen LogP contribution in [0.15, 0.2) is 54.9 Å². The zero-order chi connectivity index (χ0) is 18.5. The molecule has 0 saturated carbocycles. The Kier molecular flexibility index (Phi) is 5.48. The number of hydrogen-bond donors (Lipinski definition) is 2. The average Bonchev–Trinajstić information content (AvgIpc) is 3.08. The van der Waals surface area contributed by atoms with E-state index >= 15 is 0 Å². The second-order valence-corrected chi connectivity index (χ2v) is 5.99. The molecular formula is C18H15ClF2N4O. The summed E-state index contributed by atoms with van der Waals surface area (Å²) in [5, 5.41) is 10.1. The van der Waals surface area contributed by atoms with Gasteiger partial charge in [-0.2, -0.15) is 5.10 Å². The molecule has 0 aliphatic heterocycles. The van der Waals surface area contributed by atoms with Crippen LogP contribution in [0.5, 0.6) is 0 Å². The number of nitrogens with zero attached hydrogens (tertiary/aromatic N) is 2. The predicted octanol–water partition coefficient (Wildman–Crippen LogP) is 3.80. The lowest BCUT2D eigenvalue weighted by molar-refractivity contribution is 0.240. The zero-order valence-corrected chi connectivity index (χ0v) is 14.3. The number of nitrogens with one attached hydrogen (secondary N) is 2. The number of benzene rings is 2. The Morgan fingerprint density at radius 1 is 1.04 bits per heavy atom. The molecule has 3 aromatic rings. The van der Waals surface area contributed by atoms with Crippen LogP contribution in [-0.2, 0) is 13.1 Å². The molecule has 0 fully saturated rings. The van der Waals surface area contributed by atoms with Gasteiger partial charge in [0.15, 0.2) is 5.82 Å². The highest BCUT2D eigenvalue weighted by atomic mass is 35.5. The van der Waals surface area contributed by atoms with Crippen LogP contribution in [0.3, 0.4) is 0 Å². The smallest absolute Gasteiger partial charge is 0.315 e. The zero-order valence-electron chi connectivity index (χ0n) is 13.5. The van der Waals surface area contributed by atoms with Gasteiger partial charge in [0.25, 0.3) is 0 Å². The first kappa shape index (κ1) is 17.9. The number of amides is 2. The Hall–Kier alpha value is -2.93. The average molecular weight is 377 g/mol. The lowest BCUT2D eigenvalue weighted by atomic mass is 10.2. The van der Waals surface area contributed by atoms with Gasteiger partial charge in [-0.25, -0.2) is 18.3 Å². The molecule has 26 heavy (non-hydrogen) atoms. The molecular weight excluding hydrogens is 362 g/mol. The summed E-state index contributed by atoms with van der Waals surface area (Å²) in [5.41, 5.74) is 1.73. The van der Waals surface area contributed by atoms with E-state index in [0.717, 1.165) is 17.7 Å². The Bertz CT molecular complexity index is 912. The van der Waals surface area contributed by atoms with Crippen LogP contribution in [0.4, 0.5) is 13.6 Å². The lowest BCUT2D eigenvalue weighted by Crippen LogP contribution is -2.34. The molecule has 1 heterocycles. The van der Waals surface area contributed by atoms with Crippen molar-refractivity contribution in [1.82, 2.24) is 20.4 Å².